The van der Waals surface area contributed by atoms with Crippen molar-refractivity contribution in [1.29, 1.82) is 0 Å². The van der Waals surface area contributed by atoms with E-state index in [2.05, 4.69) is 6.92 Å². The van der Waals surface area contributed by atoms with Crippen molar-refractivity contribution in [2.24, 2.45) is 0 Å². The maximum absolute atomic E-state index is 14.1. The van der Waals surface area contributed by atoms with Crippen LogP contribution in [-0.2, 0) is 4.79 Å². The number of carbonyl (C=O) groups is 1. The highest BCUT2D eigenvalue weighted by Gasteiger charge is 2.23. The molecule has 0 saturated carbocycles. The van der Waals surface area contributed by atoms with E-state index in [1.807, 2.05) is 16.7 Å². The minimum atomic E-state index is -1.03. The van der Waals surface area contributed by atoms with Crippen LogP contribution in [0.5, 0.6) is 0 Å². The van der Waals surface area contributed by atoms with Gasteiger partial charge in [-0.15, -0.1) is 0 Å². The van der Waals surface area contributed by atoms with Crippen molar-refractivity contribution in [1.82, 2.24) is 0 Å². The molecular weight excluding hydrogens is 265 g/mol. The standard InChI is InChI=1S/C14H16FNO2S/c1-10-9-19-8-7-16(10)14-11(5-6-13(17)18)3-2-4-12(14)15/h2-6,10H,7-9H2,1H3,(H,17,18)/b6-5+. The summed E-state index contributed by atoms with van der Waals surface area (Å²) in [6.45, 7) is 2.84. The zero-order chi connectivity index (χ0) is 13.8. The van der Waals surface area contributed by atoms with Crippen molar-refractivity contribution in [3.05, 3.63) is 35.7 Å². The fraction of sp³-hybridized carbons (Fsp3) is 0.357. The van der Waals surface area contributed by atoms with E-state index in [0.29, 0.717) is 11.3 Å². The number of hydrogen-bond donors (Lipinski definition) is 1. The van der Waals surface area contributed by atoms with Crippen molar-refractivity contribution < 1.29 is 14.3 Å². The molecule has 1 atom stereocenters. The minimum Gasteiger partial charge on any atom is -0.478 e. The van der Waals surface area contributed by atoms with E-state index in [-0.39, 0.29) is 11.9 Å². The summed E-state index contributed by atoms with van der Waals surface area (Å²) in [5.41, 5.74) is 1.12. The van der Waals surface area contributed by atoms with Gasteiger partial charge in [-0.05, 0) is 19.1 Å². The van der Waals surface area contributed by atoms with Crippen LogP contribution in [0.4, 0.5) is 10.1 Å². The second-order valence-corrected chi connectivity index (χ2v) is 5.62. The number of rotatable bonds is 3. The predicted octanol–water partition coefficient (Wildman–Crippen LogP) is 2.87. The molecule has 1 fully saturated rings. The number of halogens is 1. The third-order valence-corrected chi connectivity index (χ3v) is 4.27. The quantitative estimate of drug-likeness (QED) is 0.865. The topological polar surface area (TPSA) is 40.5 Å². The summed E-state index contributed by atoms with van der Waals surface area (Å²) in [7, 11) is 0. The molecule has 1 heterocycles. The first-order valence-corrected chi connectivity index (χ1v) is 7.29. The molecule has 1 saturated heterocycles. The van der Waals surface area contributed by atoms with E-state index in [0.717, 1.165) is 24.1 Å². The van der Waals surface area contributed by atoms with E-state index >= 15 is 0 Å². The van der Waals surface area contributed by atoms with Crippen LogP contribution in [0.25, 0.3) is 6.08 Å². The van der Waals surface area contributed by atoms with Gasteiger partial charge in [0.1, 0.15) is 5.82 Å². The molecule has 5 heteroatoms. The Bertz CT molecular complexity index is 504. The maximum Gasteiger partial charge on any atom is 0.328 e. The Labute approximate surface area is 116 Å². The molecule has 0 bridgehead atoms. The van der Waals surface area contributed by atoms with Crippen LogP contribution in [0.2, 0.25) is 0 Å². The average Bonchev–Trinajstić information content (AvgIpc) is 2.37. The summed E-state index contributed by atoms with van der Waals surface area (Å²) in [5.74, 6) is 0.584. The first-order valence-electron chi connectivity index (χ1n) is 6.13. The third kappa shape index (κ3) is 3.29. The van der Waals surface area contributed by atoms with Crippen molar-refractivity contribution in [2.75, 3.05) is 23.0 Å². The van der Waals surface area contributed by atoms with Gasteiger partial charge in [0.2, 0.25) is 0 Å². The lowest BCUT2D eigenvalue weighted by Gasteiger charge is -2.36. The molecule has 0 amide bonds. The highest BCUT2D eigenvalue weighted by molar-refractivity contribution is 7.99. The molecule has 1 aliphatic heterocycles. The number of carboxylic acids is 1. The summed E-state index contributed by atoms with van der Waals surface area (Å²) in [6.07, 6.45) is 2.50. The van der Waals surface area contributed by atoms with Gasteiger partial charge in [0.05, 0.1) is 5.69 Å². The highest BCUT2D eigenvalue weighted by Crippen LogP contribution is 2.30. The van der Waals surface area contributed by atoms with Crippen LogP contribution in [0.1, 0.15) is 12.5 Å². The van der Waals surface area contributed by atoms with Crippen LogP contribution in [-0.4, -0.2) is 35.2 Å². The number of nitrogens with zero attached hydrogens (tertiary/aromatic N) is 1. The predicted molar refractivity (Wildman–Crippen MR) is 77.2 cm³/mol. The molecule has 1 unspecified atom stereocenters. The molecule has 0 aliphatic carbocycles. The Balaban J connectivity index is 2.39. The molecule has 0 spiro atoms. The monoisotopic (exact) mass is 281 g/mol. The van der Waals surface area contributed by atoms with Gasteiger partial charge in [-0.3, -0.25) is 0 Å². The normalized spacial score (nSPS) is 19.9. The second-order valence-electron chi connectivity index (χ2n) is 4.47. The Morgan fingerprint density at radius 2 is 2.37 bits per heavy atom. The van der Waals surface area contributed by atoms with Gasteiger partial charge in [-0.25, -0.2) is 9.18 Å². The SMILES string of the molecule is CC1CSCCN1c1c(F)cccc1/C=C/C(=O)O. The van der Waals surface area contributed by atoms with Gasteiger partial charge in [0, 0.05) is 35.7 Å². The van der Waals surface area contributed by atoms with Crippen LogP contribution < -0.4 is 4.90 Å². The van der Waals surface area contributed by atoms with Crippen LogP contribution in [0.3, 0.4) is 0 Å². The fourth-order valence-electron chi connectivity index (χ4n) is 2.19. The molecule has 1 N–H and O–H groups in total. The summed E-state index contributed by atoms with van der Waals surface area (Å²) in [6, 6.07) is 5.01. The van der Waals surface area contributed by atoms with Crippen LogP contribution >= 0.6 is 11.8 Å². The van der Waals surface area contributed by atoms with Crippen LogP contribution in [0, 0.1) is 5.82 Å². The molecule has 1 aromatic rings. The number of para-hydroxylation sites is 1. The van der Waals surface area contributed by atoms with E-state index < -0.39 is 5.97 Å². The first kappa shape index (κ1) is 13.9. The summed E-state index contributed by atoms with van der Waals surface area (Å²) < 4.78 is 14.1. The average molecular weight is 281 g/mol. The Morgan fingerprint density at radius 3 is 3.05 bits per heavy atom. The van der Waals surface area contributed by atoms with Crippen LogP contribution in [0.15, 0.2) is 24.3 Å². The molecule has 0 radical (unpaired) electrons. The number of carboxylic acid groups (broad SMARTS) is 1. The molecule has 1 aromatic carbocycles. The second kappa shape index (κ2) is 6.10. The number of hydrogen-bond acceptors (Lipinski definition) is 3. The zero-order valence-corrected chi connectivity index (χ0v) is 11.5. The molecule has 1 aliphatic rings. The van der Waals surface area contributed by atoms with Gasteiger partial charge < -0.3 is 10.0 Å². The Kier molecular flexibility index (Phi) is 4.47. The van der Waals surface area contributed by atoms with Gasteiger partial charge in [-0.1, -0.05) is 12.1 Å². The molecule has 102 valence electrons. The third-order valence-electron chi connectivity index (χ3n) is 3.08. The van der Waals surface area contributed by atoms with Gasteiger partial charge in [0.15, 0.2) is 0 Å². The van der Waals surface area contributed by atoms with Crippen molar-refractivity contribution in [3.63, 3.8) is 0 Å². The van der Waals surface area contributed by atoms with Gasteiger partial charge in [0.25, 0.3) is 0 Å². The van der Waals surface area contributed by atoms with E-state index in [1.165, 1.54) is 12.1 Å². The first-order chi connectivity index (χ1) is 9.09. The van der Waals surface area contributed by atoms with E-state index in [1.54, 1.807) is 12.1 Å². The zero-order valence-electron chi connectivity index (χ0n) is 10.7. The lowest BCUT2D eigenvalue weighted by molar-refractivity contribution is -0.131. The molecular formula is C14H16FNO2S. The van der Waals surface area contributed by atoms with Crippen molar-refractivity contribution >= 4 is 29.5 Å². The lowest BCUT2D eigenvalue weighted by Crippen LogP contribution is -2.41. The van der Waals surface area contributed by atoms with E-state index in [4.69, 9.17) is 5.11 Å². The molecule has 3 nitrogen and oxygen atoms in total. The summed E-state index contributed by atoms with van der Waals surface area (Å²) >= 11 is 1.86. The number of aliphatic carboxylic acids is 1. The Morgan fingerprint density at radius 1 is 1.58 bits per heavy atom. The number of thioether (sulfide) groups is 1. The smallest absolute Gasteiger partial charge is 0.328 e. The fourth-order valence-corrected chi connectivity index (χ4v) is 3.20. The van der Waals surface area contributed by atoms with Crippen molar-refractivity contribution in [2.45, 2.75) is 13.0 Å². The summed E-state index contributed by atoms with van der Waals surface area (Å²) in [4.78, 5) is 12.6. The number of anilines is 1. The van der Waals surface area contributed by atoms with E-state index in [9.17, 15) is 9.18 Å². The molecule has 0 aromatic heterocycles. The Hall–Kier alpha value is -1.49. The van der Waals surface area contributed by atoms with Crippen molar-refractivity contribution in [3.8, 4) is 0 Å². The maximum atomic E-state index is 14.1. The highest BCUT2D eigenvalue weighted by atomic mass is 32.2. The minimum absolute atomic E-state index is 0.243. The molecule has 2 rings (SSSR count). The number of benzene rings is 1. The van der Waals surface area contributed by atoms with Gasteiger partial charge in [-0.2, -0.15) is 11.8 Å². The largest absolute Gasteiger partial charge is 0.478 e. The molecule has 19 heavy (non-hydrogen) atoms. The van der Waals surface area contributed by atoms with Gasteiger partial charge >= 0.3 is 5.97 Å². The summed E-state index contributed by atoms with van der Waals surface area (Å²) in [5, 5.41) is 8.70. The lowest BCUT2D eigenvalue weighted by atomic mass is 10.1.